The van der Waals surface area contributed by atoms with Crippen LogP contribution in [0.2, 0.25) is 5.02 Å². The van der Waals surface area contributed by atoms with Crippen LogP contribution in [0.25, 0.3) is 0 Å². The molecule has 0 unspecified atom stereocenters. The van der Waals surface area contributed by atoms with E-state index in [-0.39, 0.29) is 18.2 Å². The number of rotatable bonds is 5. The van der Waals surface area contributed by atoms with Gasteiger partial charge in [-0.1, -0.05) is 11.6 Å². The van der Waals surface area contributed by atoms with Crippen LogP contribution in [0.5, 0.6) is 11.5 Å². The lowest BCUT2D eigenvalue weighted by molar-refractivity contribution is -0.115. The van der Waals surface area contributed by atoms with Crippen molar-refractivity contribution in [2.75, 3.05) is 23.8 Å². The summed E-state index contributed by atoms with van der Waals surface area (Å²) in [6.45, 7) is 0.993. The van der Waals surface area contributed by atoms with Gasteiger partial charge in [0.05, 0.1) is 12.1 Å². The van der Waals surface area contributed by atoms with E-state index in [4.69, 9.17) is 21.1 Å². The molecule has 7 nitrogen and oxygen atoms in total. The number of halogens is 1. The fourth-order valence-corrected chi connectivity index (χ4v) is 3.54. The van der Waals surface area contributed by atoms with Gasteiger partial charge in [-0.3, -0.25) is 14.9 Å². The van der Waals surface area contributed by atoms with Crippen molar-refractivity contribution in [2.24, 2.45) is 0 Å². The molecule has 0 saturated heterocycles. The molecule has 1 aliphatic heterocycles. The van der Waals surface area contributed by atoms with E-state index in [2.05, 4.69) is 15.6 Å². The molecule has 3 aromatic rings. The highest BCUT2D eigenvalue weighted by Crippen LogP contribution is 2.32. The molecule has 2 aromatic carbocycles. The zero-order chi connectivity index (χ0) is 20.2. The van der Waals surface area contributed by atoms with Crippen molar-refractivity contribution in [1.29, 1.82) is 0 Å². The van der Waals surface area contributed by atoms with Gasteiger partial charge in [-0.25, -0.2) is 4.98 Å². The Morgan fingerprint density at radius 3 is 2.59 bits per heavy atom. The van der Waals surface area contributed by atoms with Crippen LogP contribution in [0, 0.1) is 0 Å². The van der Waals surface area contributed by atoms with Crippen LogP contribution in [0.15, 0.2) is 47.8 Å². The average molecular weight is 430 g/mol. The Bertz CT molecular complexity index is 1050. The highest BCUT2D eigenvalue weighted by molar-refractivity contribution is 7.14. The summed E-state index contributed by atoms with van der Waals surface area (Å²) in [5.74, 6) is 0.760. The van der Waals surface area contributed by atoms with E-state index in [9.17, 15) is 9.59 Å². The van der Waals surface area contributed by atoms with Crippen molar-refractivity contribution in [3.8, 4) is 11.5 Å². The third-order valence-corrected chi connectivity index (χ3v) is 5.10. The molecule has 0 radical (unpaired) electrons. The largest absolute Gasteiger partial charge is 0.486 e. The van der Waals surface area contributed by atoms with Gasteiger partial charge in [-0.05, 0) is 36.4 Å². The van der Waals surface area contributed by atoms with Crippen LogP contribution in [0.1, 0.15) is 16.1 Å². The Hall–Kier alpha value is -3.10. The van der Waals surface area contributed by atoms with Crippen molar-refractivity contribution >= 4 is 45.6 Å². The normalized spacial score (nSPS) is 12.3. The Morgan fingerprint density at radius 1 is 1.03 bits per heavy atom. The minimum absolute atomic E-state index is 0.0851. The number of nitrogens with zero attached hydrogens (tertiary/aromatic N) is 1. The van der Waals surface area contributed by atoms with Gasteiger partial charge >= 0.3 is 0 Å². The van der Waals surface area contributed by atoms with Crippen molar-refractivity contribution in [1.82, 2.24) is 4.98 Å². The van der Waals surface area contributed by atoms with Gasteiger partial charge in [-0.2, -0.15) is 0 Å². The molecule has 0 atom stereocenters. The van der Waals surface area contributed by atoms with Gasteiger partial charge in [0.1, 0.15) is 13.2 Å². The molecule has 2 amide bonds. The van der Waals surface area contributed by atoms with Crippen LogP contribution in [-0.2, 0) is 11.2 Å². The predicted octanol–water partition coefficient (Wildman–Crippen LogP) is 4.00. The molecule has 2 N–H and O–H groups in total. The number of nitrogens with one attached hydrogen (secondary N) is 2. The first-order valence-corrected chi connectivity index (χ1v) is 10.0. The third kappa shape index (κ3) is 4.85. The molecule has 0 fully saturated rings. The summed E-state index contributed by atoms with van der Waals surface area (Å²) in [4.78, 5) is 28.8. The quantitative estimate of drug-likeness (QED) is 0.639. The van der Waals surface area contributed by atoms with Gasteiger partial charge < -0.3 is 14.8 Å². The fourth-order valence-electron chi connectivity index (χ4n) is 2.71. The molecule has 1 aromatic heterocycles. The second kappa shape index (κ2) is 8.50. The Kier molecular flexibility index (Phi) is 5.64. The van der Waals surface area contributed by atoms with E-state index >= 15 is 0 Å². The molecule has 1 aliphatic rings. The van der Waals surface area contributed by atoms with E-state index in [0.717, 1.165) is 0 Å². The van der Waals surface area contributed by atoms with Gasteiger partial charge in [0.2, 0.25) is 5.91 Å². The SMILES string of the molecule is O=C(Cc1csc(NC(=O)c2ccc(Cl)cc2)n1)Nc1ccc2c(c1)OCCO2. The lowest BCUT2D eigenvalue weighted by Crippen LogP contribution is -2.17. The summed E-state index contributed by atoms with van der Waals surface area (Å²) in [5.41, 5.74) is 1.66. The number of ether oxygens (including phenoxy) is 2. The van der Waals surface area contributed by atoms with E-state index in [1.807, 2.05) is 0 Å². The first kappa shape index (κ1) is 19.2. The predicted molar refractivity (Wildman–Crippen MR) is 111 cm³/mol. The van der Waals surface area contributed by atoms with Crippen molar-refractivity contribution < 1.29 is 19.1 Å². The lowest BCUT2D eigenvalue weighted by Gasteiger charge is -2.18. The summed E-state index contributed by atoms with van der Waals surface area (Å²) < 4.78 is 11.0. The van der Waals surface area contributed by atoms with Crippen LogP contribution < -0.4 is 20.1 Å². The van der Waals surface area contributed by atoms with E-state index in [1.54, 1.807) is 47.8 Å². The van der Waals surface area contributed by atoms with Crippen molar-refractivity contribution in [2.45, 2.75) is 6.42 Å². The number of benzene rings is 2. The number of anilines is 2. The maximum atomic E-state index is 12.3. The summed E-state index contributed by atoms with van der Waals surface area (Å²) in [7, 11) is 0. The highest BCUT2D eigenvalue weighted by Gasteiger charge is 2.14. The molecule has 0 spiro atoms. The number of hydrogen-bond acceptors (Lipinski definition) is 6. The number of amides is 2. The van der Waals surface area contributed by atoms with Gasteiger partial charge in [0.15, 0.2) is 16.6 Å². The zero-order valence-electron chi connectivity index (χ0n) is 15.1. The number of fused-ring (bicyclic) bond motifs is 1. The molecule has 0 saturated carbocycles. The fraction of sp³-hybridized carbons (Fsp3) is 0.150. The molecule has 0 bridgehead atoms. The molecule has 0 aliphatic carbocycles. The molecule has 4 rings (SSSR count). The zero-order valence-corrected chi connectivity index (χ0v) is 16.7. The van der Waals surface area contributed by atoms with Gasteiger partial charge in [-0.15, -0.1) is 11.3 Å². The Morgan fingerprint density at radius 2 is 1.79 bits per heavy atom. The number of carbonyl (C=O) groups is 2. The smallest absolute Gasteiger partial charge is 0.257 e. The van der Waals surface area contributed by atoms with Crippen LogP contribution >= 0.6 is 22.9 Å². The molecule has 29 heavy (non-hydrogen) atoms. The summed E-state index contributed by atoms with van der Waals surface area (Å²) in [5, 5.41) is 8.25. The second-order valence-corrected chi connectivity index (χ2v) is 7.48. The number of thiazole rings is 1. The van der Waals surface area contributed by atoms with Crippen molar-refractivity contribution in [3.63, 3.8) is 0 Å². The molecule has 2 heterocycles. The Labute approximate surface area is 175 Å². The molecule has 9 heteroatoms. The maximum absolute atomic E-state index is 12.3. The number of carbonyl (C=O) groups excluding carboxylic acids is 2. The number of aromatic nitrogens is 1. The van der Waals surface area contributed by atoms with Gasteiger partial charge in [0, 0.05) is 27.7 Å². The first-order valence-electron chi connectivity index (χ1n) is 8.78. The topological polar surface area (TPSA) is 89.6 Å². The molecule has 148 valence electrons. The number of hydrogen-bond donors (Lipinski definition) is 2. The summed E-state index contributed by atoms with van der Waals surface area (Å²) in [6.07, 6.45) is 0.0851. The van der Waals surface area contributed by atoms with Crippen LogP contribution in [-0.4, -0.2) is 30.0 Å². The second-order valence-electron chi connectivity index (χ2n) is 6.19. The van der Waals surface area contributed by atoms with Gasteiger partial charge in [0.25, 0.3) is 5.91 Å². The summed E-state index contributed by atoms with van der Waals surface area (Å²) >= 11 is 7.09. The van der Waals surface area contributed by atoms with Crippen molar-refractivity contribution in [3.05, 3.63) is 64.1 Å². The van der Waals surface area contributed by atoms with Crippen LogP contribution in [0.3, 0.4) is 0 Å². The lowest BCUT2D eigenvalue weighted by atomic mass is 10.2. The summed E-state index contributed by atoms with van der Waals surface area (Å²) in [6, 6.07) is 11.8. The maximum Gasteiger partial charge on any atom is 0.257 e. The van der Waals surface area contributed by atoms with E-state index < -0.39 is 0 Å². The first-order chi connectivity index (χ1) is 14.1. The average Bonchev–Trinajstić information content (AvgIpc) is 3.14. The minimum atomic E-state index is -0.289. The van der Waals surface area contributed by atoms with E-state index in [1.165, 1.54) is 11.3 Å². The van der Waals surface area contributed by atoms with Crippen LogP contribution in [0.4, 0.5) is 10.8 Å². The third-order valence-electron chi connectivity index (χ3n) is 4.05. The minimum Gasteiger partial charge on any atom is -0.486 e. The van der Waals surface area contributed by atoms with E-state index in [0.29, 0.717) is 51.8 Å². The highest BCUT2D eigenvalue weighted by atomic mass is 35.5. The molecular weight excluding hydrogens is 414 g/mol. The standard InChI is InChI=1S/C20H16ClN3O4S/c21-13-3-1-12(2-4-13)19(26)24-20-23-15(11-29-20)10-18(25)22-14-5-6-16-17(9-14)28-8-7-27-16/h1-6,9,11H,7-8,10H2,(H,22,25)(H,23,24,26). The monoisotopic (exact) mass is 429 g/mol. The Balaban J connectivity index is 1.34. The molecular formula is C20H16ClN3O4S.